The highest BCUT2D eigenvalue weighted by Gasteiger charge is 2.23. The van der Waals surface area contributed by atoms with Gasteiger partial charge in [-0.25, -0.2) is 15.6 Å². The second kappa shape index (κ2) is 15.2. The lowest BCUT2D eigenvalue weighted by molar-refractivity contribution is -0.117. The first kappa shape index (κ1) is 31.5. The van der Waals surface area contributed by atoms with E-state index in [0.717, 1.165) is 25.7 Å². The first-order chi connectivity index (χ1) is 20.8. The molecule has 1 aromatic heterocycles. The van der Waals surface area contributed by atoms with Crippen LogP contribution < -0.4 is 26.2 Å². The van der Waals surface area contributed by atoms with Crippen molar-refractivity contribution in [2.45, 2.75) is 38.1 Å². The average Bonchev–Trinajstić information content (AvgIpc) is 3.38. The van der Waals surface area contributed by atoms with Crippen molar-refractivity contribution in [3.05, 3.63) is 64.0 Å². The van der Waals surface area contributed by atoms with E-state index in [2.05, 4.69) is 32.5 Å². The Balaban J connectivity index is 1.60. The molecule has 43 heavy (non-hydrogen) atoms. The number of carbonyl (C=O) groups is 2. The van der Waals surface area contributed by atoms with Gasteiger partial charge in [0.05, 0.1) is 25.4 Å². The van der Waals surface area contributed by atoms with E-state index in [1.807, 2.05) is 0 Å². The molecule has 0 saturated heterocycles. The third kappa shape index (κ3) is 8.57. The number of ether oxygens (including phenoxy) is 2. The van der Waals surface area contributed by atoms with Crippen LogP contribution in [0, 0.1) is 0 Å². The van der Waals surface area contributed by atoms with E-state index in [4.69, 9.17) is 43.5 Å². The summed E-state index contributed by atoms with van der Waals surface area (Å²) in [6.45, 7) is 3.78. The van der Waals surface area contributed by atoms with E-state index in [9.17, 15) is 9.59 Å². The van der Waals surface area contributed by atoms with Crippen LogP contribution in [0.25, 0.3) is 17.3 Å². The Labute approximate surface area is 258 Å². The van der Waals surface area contributed by atoms with Gasteiger partial charge in [0.1, 0.15) is 28.8 Å². The third-order valence-corrected chi connectivity index (χ3v) is 7.09. The highest BCUT2D eigenvalue weighted by atomic mass is 35.5. The van der Waals surface area contributed by atoms with Gasteiger partial charge in [0.25, 0.3) is 0 Å². The first-order valence-corrected chi connectivity index (χ1v) is 14.2. The SMILES string of the molecule is C=N/N=C\N(N)c1ccc(Cl)cc1/C=C/C(=O)N[C@H]1CCCCCCOc2cc(NC(=O)OC)ccc2-c2nc1[nH]c2Cl. The maximum atomic E-state index is 13.1. The zero-order valence-corrected chi connectivity index (χ0v) is 25.0. The van der Waals surface area contributed by atoms with E-state index in [1.165, 1.54) is 24.5 Å². The average molecular weight is 628 g/mol. The van der Waals surface area contributed by atoms with Crippen molar-refractivity contribution in [1.29, 1.82) is 0 Å². The summed E-state index contributed by atoms with van der Waals surface area (Å²) >= 11 is 12.8. The zero-order chi connectivity index (χ0) is 30.8. The second-order valence-electron chi connectivity index (χ2n) is 9.54. The van der Waals surface area contributed by atoms with E-state index >= 15 is 0 Å². The molecule has 0 spiro atoms. The summed E-state index contributed by atoms with van der Waals surface area (Å²) in [5.74, 6) is 6.72. The van der Waals surface area contributed by atoms with Gasteiger partial charge in [-0.3, -0.25) is 15.1 Å². The molecule has 0 aliphatic carbocycles. The predicted molar refractivity (Wildman–Crippen MR) is 170 cm³/mol. The van der Waals surface area contributed by atoms with Crippen molar-refractivity contribution in [2.24, 2.45) is 16.0 Å². The molecule has 14 heteroatoms. The Bertz CT molecular complexity index is 1520. The van der Waals surface area contributed by atoms with Gasteiger partial charge in [0, 0.05) is 40.7 Å². The summed E-state index contributed by atoms with van der Waals surface area (Å²) in [5.41, 5.74) is 2.76. The Morgan fingerprint density at radius 1 is 1.21 bits per heavy atom. The number of rotatable bonds is 7. The van der Waals surface area contributed by atoms with Crippen molar-refractivity contribution in [2.75, 3.05) is 24.0 Å². The van der Waals surface area contributed by atoms with Crippen molar-refractivity contribution >= 4 is 65.7 Å². The number of hydrogen-bond donors (Lipinski definition) is 4. The summed E-state index contributed by atoms with van der Waals surface area (Å²) in [5, 5.41) is 14.8. The maximum Gasteiger partial charge on any atom is 0.411 e. The third-order valence-electron chi connectivity index (χ3n) is 6.58. The number of aromatic nitrogens is 2. The van der Waals surface area contributed by atoms with E-state index in [0.29, 0.717) is 63.0 Å². The fourth-order valence-corrected chi connectivity index (χ4v) is 4.92. The van der Waals surface area contributed by atoms with Crippen LogP contribution in [0.5, 0.6) is 5.75 Å². The molecule has 1 atom stereocenters. The second-order valence-corrected chi connectivity index (χ2v) is 10.4. The molecular weight excluding hydrogens is 595 g/mol. The largest absolute Gasteiger partial charge is 0.493 e. The van der Waals surface area contributed by atoms with Gasteiger partial charge in [0.15, 0.2) is 0 Å². The van der Waals surface area contributed by atoms with Crippen LogP contribution in [0.15, 0.2) is 52.7 Å². The summed E-state index contributed by atoms with van der Waals surface area (Å²) in [6.07, 6.45) is 7.90. The van der Waals surface area contributed by atoms with Crippen LogP contribution in [0.3, 0.4) is 0 Å². The lowest BCUT2D eigenvalue weighted by Crippen LogP contribution is -2.29. The van der Waals surface area contributed by atoms with Gasteiger partial charge < -0.3 is 19.8 Å². The number of halogens is 2. The first-order valence-electron chi connectivity index (χ1n) is 13.5. The number of hydrogen-bond acceptors (Lipinski definition) is 8. The fraction of sp³-hybridized carbons (Fsp3) is 0.276. The van der Waals surface area contributed by atoms with Gasteiger partial charge in [-0.2, -0.15) is 5.10 Å². The number of anilines is 2. The number of fused-ring (bicyclic) bond motifs is 4. The summed E-state index contributed by atoms with van der Waals surface area (Å²) in [6, 6.07) is 9.79. The molecular formula is C29H32Cl2N8O4. The monoisotopic (exact) mass is 626 g/mol. The number of nitrogens with two attached hydrogens (primary N) is 1. The number of methoxy groups -OCH3 is 1. The standard InChI is InChI=1S/C29H32Cl2N8O4/c1-33-34-17-39(32)23-12-9-19(30)15-18(23)8-13-25(40)36-22-7-5-3-4-6-14-43-24-16-20(35-29(41)42-2)10-11-21(24)26-27(31)38-28(22)37-26/h8-13,15-17,22H,1,3-7,14,32H2,2H3,(H,35,41)(H,36,40)(H,37,38)/b13-8+,34-17-/t22-/m0/s1. The number of aromatic amines is 1. The van der Waals surface area contributed by atoms with Crippen LogP contribution in [-0.2, 0) is 9.53 Å². The molecule has 0 fully saturated rings. The quantitative estimate of drug-likeness (QED) is 0.0810. The molecule has 1 aliphatic rings. The molecule has 0 saturated carbocycles. The number of benzene rings is 2. The number of carbonyl (C=O) groups excluding carboxylic acids is 2. The number of nitrogens with one attached hydrogen (secondary N) is 3. The van der Waals surface area contributed by atoms with Crippen molar-refractivity contribution < 1.29 is 19.1 Å². The van der Waals surface area contributed by atoms with Gasteiger partial charge in [-0.05, 0) is 49.2 Å². The van der Waals surface area contributed by atoms with Gasteiger partial charge in [-0.1, -0.05) is 42.5 Å². The highest BCUT2D eigenvalue weighted by molar-refractivity contribution is 6.32. The van der Waals surface area contributed by atoms with Gasteiger partial charge >= 0.3 is 6.09 Å². The molecule has 4 rings (SSSR count). The molecule has 0 radical (unpaired) electrons. The smallest absolute Gasteiger partial charge is 0.411 e. The van der Waals surface area contributed by atoms with Crippen LogP contribution in [0.2, 0.25) is 10.2 Å². The predicted octanol–water partition coefficient (Wildman–Crippen LogP) is 6.10. The molecule has 2 heterocycles. The van der Waals surface area contributed by atoms with Crippen LogP contribution in [0.1, 0.15) is 49.5 Å². The number of amides is 2. The maximum absolute atomic E-state index is 13.1. The summed E-state index contributed by atoms with van der Waals surface area (Å²) in [7, 11) is 1.29. The number of nitrogens with zero attached hydrogens (tertiary/aromatic N) is 4. The van der Waals surface area contributed by atoms with Crippen LogP contribution in [0.4, 0.5) is 16.2 Å². The van der Waals surface area contributed by atoms with E-state index in [1.54, 1.807) is 42.5 Å². The van der Waals surface area contributed by atoms with Crippen molar-refractivity contribution in [3.63, 3.8) is 0 Å². The van der Waals surface area contributed by atoms with E-state index in [-0.39, 0.29) is 5.91 Å². The number of H-pyrrole nitrogens is 1. The lowest BCUT2D eigenvalue weighted by atomic mass is 10.1. The Hall–Kier alpha value is -4.39. The van der Waals surface area contributed by atoms with Gasteiger partial charge in [-0.15, -0.1) is 5.10 Å². The Morgan fingerprint density at radius 3 is 2.81 bits per heavy atom. The van der Waals surface area contributed by atoms with Crippen LogP contribution in [-0.4, -0.2) is 48.7 Å². The zero-order valence-electron chi connectivity index (χ0n) is 23.5. The molecule has 5 N–H and O–H groups in total. The van der Waals surface area contributed by atoms with E-state index < -0.39 is 12.1 Å². The van der Waals surface area contributed by atoms with Crippen LogP contribution >= 0.6 is 23.2 Å². The molecule has 2 aromatic carbocycles. The van der Waals surface area contributed by atoms with Crippen molar-refractivity contribution in [3.8, 4) is 17.0 Å². The molecule has 1 aliphatic heterocycles. The molecule has 3 aromatic rings. The Kier molecular flexibility index (Phi) is 11.1. The highest BCUT2D eigenvalue weighted by Crippen LogP contribution is 2.37. The summed E-state index contributed by atoms with van der Waals surface area (Å²) in [4.78, 5) is 32.8. The molecule has 12 nitrogen and oxygen atoms in total. The fourth-order valence-electron chi connectivity index (χ4n) is 4.49. The number of imidazole rings is 1. The number of hydrazine groups is 1. The molecule has 226 valence electrons. The molecule has 0 unspecified atom stereocenters. The molecule has 2 bridgehead atoms. The minimum atomic E-state index is -0.594. The summed E-state index contributed by atoms with van der Waals surface area (Å²) < 4.78 is 10.8. The Morgan fingerprint density at radius 2 is 2.02 bits per heavy atom. The minimum absolute atomic E-state index is 0.294. The van der Waals surface area contributed by atoms with Gasteiger partial charge in [0.2, 0.25) is 5.91 Å². The normalized spacial score (nSPS) is 15.4. The van der Waals surface area contributed by atoms with Crippen molar-refractivity contribution in [1.82, 2.24) is 15.3 Å². The minimum Gasteiger partial charge on any atom is -0.493 e. The lowest BCUT2D eigenvalue weighted by Gasteiger charge is -2.16. The topological polar surface area (TPSA) is 159 Å². The molecule has 2 amide bonds.